The number of rotatable bonds is 8. The number of aliphatic hydroxyl groups is 1. The van der Waals surface area contributed by atoms with E-state index in [1.807, 2.05) is 30.3 Å². The van der Waals surface area contributed by atoms with Gasteiger partial charge in [-0.1, -0.05) is 6.07 Å². The summed E-state index contributed by atoms with van der Waals surface area (Å²) in [5.74, 6) is 1.42. The van der Waals surface area contributed by atoms with E-state index in [9.17, 15) is 5.11 Å². The lowest BCUT2D eigenvalue weighted by molar-refractivity contribution is 0.106. The molecular formula is C16H20N2O3. The van der Waals surface area contributed by atoms with E-state index in [2.05, 4.69) is 10.3 Å². The smallest absolute Gasteiger partial charge is 0.123 e. The maximum atomic E-state index is 9.88. The minimum absolute atomic E-state index is 0.233. The number of aliphatic hydroxyl groups excluding tert-OH is 1. The van der Waals surface area contributed by atoms with Gasteiger partial charge in [0.05, 0.1) is 7.11 Å². The van der Waals surface area contributed by atoms with Crippen molar-refractivity contribution < 1.29 is 14.6 Å². The van der Waals surface area contributed by atoms with Gasteiger partial charge in [-0.2, -0.15) is 0 Å². The van der Waals surface area contributed by atoms with Crippen molar-refractivity contribution in [1.82, 2.24) is 10.3 Å². The van der Waals surface area contributed by atoms with E-state index in [0.717, 1.165) is 11.3 Å². The number of benzene rings is 1. The van der Waals surface area contributed by atoms with Crippen LogP contribution in [0.5, 0.6) is 11.5 Å². The van der Waals surface area contributed by atoms with Crippen LogP contribution in [0.15, 0.2) is 48.8 Å². The maximum absolute atomic E-state index is 9.88. The Morgan fingerprint density at radius 1 is 1.19 bits per heavy atom. The van der Waals surface area contributed by atoms with E-state index in [1.165, 1.54) is 0 Å². The molecule has 0 amide bonds. The fraction of sp³-hybridized carbons (Fsp3) is 0.312. The van der Waals surface area contributed by atoms with Gasteiger partial charge in [0, 0.05) is 31.5 Å². The van der Waals surface area contributed by atoms with Crippen molar-refractivity contribution in [2.75, 3.05) is 20.3 Å². The van der Waals surface area contributed by atoms with E-state index >= 15 is 0 Å². The largest absolute Gasteiger partial charge is 0.497 e. The predicted molar refractivity (Wildman–Crippen MR) is 80.4 cm³/mol. The van der Waals surface area contributed by atoms with Gasteiger partial charge in [0.1, 0.15) is 24.2 Å². The number of hydrogen-bond acceptors (Lipinski definition) is 5. The number of ether oxygens (including phenoxy) is 2. The monoisotopic (exact) mass is 288 g/mol. The minimum atomic E-state index is -0.571. The van der Waals surface area contributed by atoms with Crippen LogP contribution in [0.25, 0.3) is 0 Å². The van der Waals surface area contributed by atoms with Gasteiger partial charge in [-0.3, -0.25) is 4.98 Å². The van der Waals surface area contributed by atoms with Crippen molar-refractivity contribution in [3.05, 3.63) is 54.4 Å². The Balaban J connectivity index is 1.68. The van der Waals surface area contributed by atoms with Crippen LogP contribution in [0.3, 0.4) is 0 Å². The summed E-state index contributed by atoms with van der Waals surface area (Å²) in [5.41, 5.74) is 1.13. The number of methoxy groups -OCH3 is 1. The summed E-state index contributed by atoms with van der Waals surface area (Å²) < 4.78 is 10.6. The minimum Gasteiger partial charge on any atom is -0.497 e. The standard InChI is InChI=1S/C16H20N2O3/c1-20-15-3-2-4-16(9-15)21-12-14(19)11-18-10-13-5-7-17-8-6-13/h2-9,14,18-19H,10-12H2,1H3. The molecule has 1 aromatic heterocycles. The van der Waals surface area contributed by atoms with Gasteiger partial charge in [-0.25, -0.2) is 0 Å². The fourth-order valence-corrected chi connectivity index (χ4v) is 1.83. The third-order valence-corrected chi connectivity index (χ3v) is 2.94. The molecule has 1 heterocycles. The molecule has 1 atom stereocenters. The molecule has 21 heavy (non-hydrogen) atoms. The Morgan fingerprint density at radius 3 is 2.71 bits per heavy atom. The summed E-state index contributed by atoms with van der Waals surface area (Å²) >= 11 is 0. The quantitative estimate of drug-likeness (QED) is 0.773. The van der Waals surface area contributed by atoms with Crippen molar-refractivity contribution in [3.8, 4) is 11.5 Å². The van der Waals surface area contributed by atoms with Crippen molar-refractivity contribution >= 4 is 0 Å². The summed E-state index contributed by atoms with van der Waals surface area (Å²) in [5, 5.41) is 13.1. The van der Waals surface area contributed by atoms with E-state index in [4.69, 9.17) is 9.47 Å². The molecule has 0 aliphatic carbocycles. The molecular weight excluding hydrogens is 268 g/mol. The predicted octanol–water partition coefficient (Wildman–Crippen LogP) is 1.62. The fourth-order valence-electron chi connectivity index (χ4n) is 1.83. The third kappa shape index (κ3) is 5.41. The molecule has 0 aliphatic rings. The van der Waals surface area contributed by atoms with E-state index < -0.39 is 6.10 Å². The van der Waals surface area contributed by atoms with Crippen LogP contribution in [-0.2, 0) is 6.54 Å². The Kier molecular flexibility index (Phi) is 5.99. The summed E-state index contributed by atoms with van der Waals surface area (Å²) in [7, 11) is 1.61. The Morgan fingerprint density at radius 2 is 1.95 bits per heavy atom. The molecule has 0 radical (unpaired) electrons. The van der Waals surface area contributed by atoms with Gasteiger partial charge < -0.3 is 19.9 Å². The highest BCUT2D eigenvalue weighted by Crippen LogP contribution is 2.18. The Bertz CT molecular complexity index is 534. The zero-order valence-electron chi connectivity index (χ0n) is 12.0. The molecule has 0 bridgehead atoms. The summed E-state index contributed by atoms with van der Waals surface area (Å²) in [6.45, 7) is 1.39. The second-order valence-electron chi connectivity index (χ2n) is 4.63. The van der Waals surface area contributed by atoms with Crippen LogP contribution in [0.4, 0.5) is 0 Å². The highest BCUT2D eigenvalue weighted by molar-refractivity contribution is 5.32. The van der Waals surface area contributed by atoms with Crippen LogP contribution >= 0.6 is 0 Å². The molecule has 0 fully saturated rings. The highest BCUT2D eigenvalue weighted by Gasteiger charge is 2.05. The first kappa shape index (κ1) is 15.3. The van der Waals surface area contributed by atoms with Gasteiger partial charge in [-0.15, -0.1) is 0 Å². The van der Waals surface area contributed by atoms with E-state index in [0.29, 0.717) is 18.8 Å². The second-order valence-corrected chi connectivity index (χ2v) is 4.63. The number of hydrogen-bond donors (Lipinski definition) is 2. The van der Waals surface area contributed by atoms with Gasteiger partial charge in [0.25, 0.3) is 0 Å². The van der Waals surface area contributed by atoms with Crippen molar-refractivity contribution in [3.63, 3.8) is 0 Å². The van der Waals surface area contributed by atoms with Gasteiger partial charge in [-0.05, 0) is 29.8 Å². The third-order valence-electron chi connectivity index (χ3n) is 2.94. The van der Waals surface area contributed by atoms with Crippen molar-refractivity contribution in [1.29, 1.82) is 0 Å². The molecule has 2 N–H and O–H groups in total. The van der Waals surface area contributed by atoms with E-state index in [1.54, 1.807) is 25.6 Å². The van der Waals surface area contributed by atoms with Crippen LogP contribution in [0.2, 0.25) is 0 Å². The molecule has 5 heteroatoms. The van der Waals surface area contributed by atoms with Crippen LogP contribution in [-0.4, -0.2) is 36.5 Å². The lowest BCUT2D eigenvalue weighted by Gasteiger charge is -2.13. The van der Waals surface area contributed by atoms with E-state index in [-0.39, 0.29) is 6.61 Å². The molecule has 2 aromatic rings. The summed E-state index contributed by atoms with van der Waals surface area (Å²) in [6, 6.07) is 11.2. The topological polar surface area (TPSA) is 63.6 Å². The number of nitrogens with zero attached hydrogens (tertiary/aromatic N) is 1. The van der Waals surface area contributed by atoms with Gasteiger partial charge in [0.2, 0.25) is 0 Å². The second kappa shape index (κ2) is 8.24. The molecule has 0 spiro atoms. The summed E-state index contributed by atoms with van der Waals surface area (Å²) in [4.78, 5) is 3.96. The molecule has 0 aliphatic heterocycles. The summed E-state index contributed by atoms with van der Waals surface area (Å²) in [6.07, 6.45) is 2.93. The highest BCUT2D eigenvalue weighted by atomic mass is 16.5. The molecule has 2 rings (SSSR count). The lowest BCUT2D eigenvalue weighted by atomic mass is 10.2. The van der Waals surface area contributed by atoms with Crippen LogP contribution < -0.4 is 14.8 Å². The van der Waals surface area contributed by atoms with Crippen LogP contribution in [0.1, 0.15) is 5.56 Å². The first-order chi connectivity index (χ1) is 10.3. The molecule has 0 saturated carbocycles. The molecule has 1 aromatic carbocycles. The molecule has 5 nitrogen and oxygen atoms in total. The number of aromatic nitrogens is 1. The lowest BCUT2D eigenvalue weighted by Crippen LogP contribution is -2.31. The maximum Gasteiger partial charge on any atom is 0.123 e. The Labute approximate surface area is 124 Å². The van der Waals surface area contributed by atoms with Crippen molar-refractivity contribution in [2.24, 2.45) is 0 Å². The SMILES string of the molecule is COc1cccc(OCC(O)CNCc2ccncc2)c1. The van der Waals surface area contributed by atoms with Crippen LogP contribution in [0, 0.1) is 0 Å². The average molecular weight is 288 g/mol. The molecule has 1 unspecified atom stereocenters. The normalized spacial score (nSPS) is 11.9. The average Bonchev–Trinajstić information content (AvgIpc) is 2.54. The zero-order chi connectivity index (χ0) is 14.9. The van der Waals surface area contributed by atoms with Crippen molar-refractivity contribution in [2.45, 2.75) is 12.6 Å². The number of nitrogens with one attached hydrogen (secondary N) is 1. The number of pyridine rings is 1. The molecule has 0 saturated heterocycles. The first-order valence-corrected chi connectivity index (χ1v) is 6.82. The zero-order valence-corrected chi connectivity index (χ0v) is 12.0. The molecule has 112 valence electrons. The van der Waals surface area contributed by atoms with Gasteiger partial charge >= 0.3 is 0 Å². The van der Waals surface area contributed by atoms with Gasteiger partial charge in [0.15, 0.2) is 0 Å². The first-order valence-electron chi connectivity index (χ1n) is 6.82. The Hall–Kier alpha value is -2.11.